The van der Waals surface area contributed by atoms with Gasteiger partial charge in [-0.25, -0.2) is 0 Å². The zero-order valence-corrected chi connectivity index (χ0v) is 14.6. The summed E-state index contributed by atoms with van der Waals surface area (Å²) in [4.78, 5) is 16.7. The molecule has 1 aliphatic rings. The highest BCUT2D eigenvalue weighted by atomic mass is 35.5. The van der Waals surface area contributed by atoms with E-state index in [2.05, 4.69) is 10.3 Å². The average Bonchev–Trinajstić information content (AvgIpc) is 2.61. The second-order valence-corrected chi connectivity index (χ2v) is 6.86. The predicted molar refractivity (Wildman–Crippen MR) is 104 cm³/mol. The summed E-state index contributed by atoms with van der Waals surface area (Å²) in [5, 5.41) is 4.88. The third kappa shape index (κ3) is 4.73. The van der Waals surface area contributed by atoms with E-state index in [0.717, 1.165) is 35.1 Å². The maximum absolute atomic E-state index is 12.2. The third-order valence-electron chi connectivity index (χ3n) is 3.49. The molecule has 0 saturated heterocycles. The molecule has 0 fully saturated rings. The number of aliphatic imine (C=N–C) groups is 1. The van der Waals surface area contributed by atoms with Gasteiger partial charge in [-0.2, -0.15) is 0 Å². The average molecular weight is 357 g/mol. The number of benzene rings is 2. The topological polar surface area (TPSA) is 41.5 Å². The molecule has 0 amide bonds. The SMILES string of the molecule is O=C(C=Cc1cccc(Cl)c1)c1ccc(NC2=NCCCS2)cc1. The smallest absolute Gasteiger partial charge is 0.185 e. The summed E-state index contributed by atoms with van der Waals surface area (Å²) >= 11 is 7.66. The molecule has 1 aliphatic heterocycles. The zero-order valence-electron chi connectivity index (χ0n) is 13.0. The number of thioether (sulfide) groups is 1. The molecule has 0 spiro atoms. The summed E-state index contributed by atoms with van der Waals surface area (Å²) in [6.45, 7) is 0.875. The Bertz CT molecular complexity index is 784. The largest absolute Gasteiger partial charge is 0.335 e. The van der Waals surface area contributed by atoms with E-state index in [9.17, 15) is 4.79 Å². The van der Waals surface area contributed by atoms with Crippen LogP contribution >= 0.6 is 23.4 Å². The number of hydrogen-bond acceptors (Lipinski definition) is 4. The highest BCUT2D eigenvalue weighted by Crippen LogP contribution is 2.17. The summed E-state index contributed by atoms with van der Waals surface area (Å²) in [6.07, 6.45) is 4.46. The fraction of sp³-hybridized carbons (Fsp3) is 0.158. The molecule has 1 heterocycles. The van der Waals surface area contributed by atoms with E-state index in [0.29, 0.717) is 10.6 Å². The van der Waals surface area contributed by atoms with Gasteiger partial charge in [-0.3, -0.25) is 9.79 Å². The number of allylic oxidation sites excluding steroid dienone is 1. The van der Waals surface area contributed by atoms with Crippen molar-refractivity contribution in [1.29, 1.82) is 0 Å². The number of rotatable bonds is 4. The van der Waals surface area contributed by atoms with Gasteiger partial charge in [0.25, 0.3) is 0 Å². The molecule has 0 saturated carbocycles. The van der Waals surface area contributed by atoms with Gasteiger partial charge in [0.1, 0.15) is 0 Å². The molecule has 0 aromatic heterocycles. The molecule has 3 rings (SSSR count). The molecule has 0 bridgehead atoms. The number of carbonyl (C=O) groups is 1. The molecular formula is C19H17ClN2OS. The first-order chi connectivity index (χ1) is 11.7. The Morgan fingerprint density at radius 3 is 2.75 bits per heavy atom. The Morgan fingerprint density at radius 1 is 1.21 bits per heavy atom. The van der Waals surface area contributed by atoms with Crippen molar-refractivity contribution in [2.75, 3.05) is 17.6 Å². The molecule has 0 unspecified atom stereocenters. The summed E-state index contributed by atoms with van der Waals surface area (Å²) in [7, 11) is 0. The van der Waals surface area contributed by atoms with E-state index in [4.69, 9.17) is 11.6 Å². The number of anilines is 1. The summed E-state index contributed by atoms with van der Waals surface area (Å²) < 4.78 is 0. The lowest BCUT2D eigenvalue weighted by molar-refractivity contribution is 0.104. The second-order valence-electron chi connectivity index (χ2n) is 5.34. The highest BCUT2D eigenvalue weighted by Gasteiger charge is 2.07. The standard InChI is InChI=1S/C19H17ClN2OS/c20-16-4-1-3-14(13-16)5-10-18(23)15-6-8-17(9-7-15)22-19-21-11-2-12-24-19/h1,3-10,13H,2,11-12H2,(H,21,22). The molecule has 2 aromatic rings. The van der Waals surface area contributed by atoms with Gasteiger partial charge in [0.05, 0.1) is 0 Å². The lowest BCUT2D eigenvalue weighted by Gasteiger charge is -2.13. The van der Waals surface area contributed by atoms with Gasteiger partial charge in [-0.1, -0.05) is 41.6 Å². The minimum absolute atomic E-state index is 0.0362. The highest BCUT2D eigenvalue weighted by molar-refractivity contribution is 8.14. The van der Waals surface area contributed by atoms with Crippen LogP contribution in [0.15, 0.2) is 59.6 Å². The molecule has 0 aliphatic carbocycles. The van der Waals surface area contributed by atoms with Crippen LogP contribution in [0, 0.1) is 0 Å². The van der Waals surface area contributed by atoms with E-state index in [-0.39, 0.29) is 5.78 Å². The van der Waals surface area contributed by atoms with Crippen LogP contribution in [0.5, 0.6) is 0 Å². The van der Waals surface area contributed by atoms with Crippen molar-refractivity contribution in [3.8, 4) is 0 Å². The Balaban J connectivity index is 1.64. The molecule has 5 heteroatoms. The van der Waals surface area contributed by atoms with Crippen LogP contribution in [0.2, 0.25) is 5.02 Å². The Hall–Kier alpha value is -2.04. The van der Waals surface area contributed by atoms with Gasteiger partial charge in [0.15, 0.2) is 11.0 Å². The van der Waals surface area contributed by atoms with Crippen molar-refractivity contribution in [3.05, 3.63) is 70.8 Å². The number of amidine groups is 1. The first kappa shape index (κ1) is 16.8. The van der Waals surface area contributed by atoms with E-state index in [1.54, 1.807) is 30.0 Å². The monoisotopic (exact) mass is 356 g/mol. The summed E-state index contributed by atoms with van der Waals surface area (Å²) in [5.41, 5.74) is 2.50. The van der Waals surface area contributed by atoms with Crippen molar-refractivity contribution in [2.24, 2.45) is 4.99 Å². The van der Waals surface area contributed by atoms with Gasteiger partial charge in [-0.15, -0.1) is 0 Å². The van der Waals surface area contributed by atoms with Crippen molar-refractivity contribution in [2.45, 2.75) is 6.42 Å². The fourth-order valence-corrected chi connectivity index (χ4v) is 3.29. The molecule has 3 nitrogen and oxygen atoms in total. The first-order valence-corrected chi connectivity index (χ1v) is 9.09. The molecule has 1 N–H and O–H groups in total. The summed E-state index contributed by atoms with van der Waals surface area (Å²) in [6, 6.07) is 14.8. The third-order valence-corrected chi connectivity index (χ3v) is 4.73. The van der Waals surface area contributed by atoms with Crippen molar-refractivity contribution >= 4 is 46.1 Å². The predicted octanol–water partition coefficient (Wildman–Crippen LogP) is 5.14. The first-order valence-electron chi connectivity index (χ1n) is 7.73. The minimum Gasteiger partial charge on any atom is -0.335 e. The lowest BCUT2D eigenvalue weighted by Crippen LogP contribution is -2.13. The molecule has 24 heavy (non-hydrogen) atoms. The van der Waals surface area contributed by atoms with Crippen LogP contribution in [0.1, 0.15) is 22.3 Å². The van der Waals surface area contributed by atoms with Gasteiger partial charge >= 0.3 is 0 Å². The van der Waals surface area contributed by atoms with Crippen molar-refractivity contribution in [1.82, 2.24) is 0 Å². The Morgan fingerprint density at radius 2 is 2.04 bits per heavy atom. The van der Waals surface area contributed by atoms with Crippen LogP contribution in [0.25, 0.3) is 6.08 Å². The Labute approximate surface area is 150 Å². The number of hydrogen-bond donors (Lipinski definition) is 1. The van der Waals surface area contributed by atoms with Crippen LogP contribution in [-0.2, 0) is 0 Å². The normalized spacial score (nSPS) is 14.5. The zero-order chi connectivity index (χ0) is 16.8. The van der Waals surface area contributed by atoms with E-state index in [1.165, 1.54) is 0 Å². The second kappa shape index (κ2) is 8.18. The molecule has 122 valence electrons. The van der Waals surface area contributed by atoms with E-state index < -0.39 is 0 Å². The fourth-order valence-electron chi connectivity index (χ4n) is 2.25. The number of ketones is 1. The number of nitrogens with zero attached hydrogens (tertiary/aromatic N) is 1. The Kier molecular flexibility index (Phi) is 5.72. The van der Waals surface area contributed by atoms with Crippen LogP contribution in [-0.4, -0.2) is 23.2 Å². The van der Waals surface area contributed by atoms with Crippen molar-refractivity contribution in [3.63, 3.8) is 0 Å². The number of nitrogens with one attached hydrogen (secondary N) is 1. The van der Waals surface area contributed by atoms with Crippen LogP contribution in [0.4, 0.5) is 5.69 Å². The maximum atomic E-state index is 12.2. The van der Waals surface area contributed by atoms with Gasteiger partial charge in [0.2, 0.25) is 0 Å². The minimum atomic E-state index is -0.0362. The quantitative estimate of drug-likeness (QED) is 0.609. The van der Waals surface area contributed by atoms with Gasteiger partial charge < -0.3 is 5.32 Å². The number of halogens is 1. The molecular weight excluding hydrogens is 340 g/mol. The van der Waals surface area contributed by atoms with E-state index >= 15 is 0 Å². The molecule has 0 atom stereocenters. The molecule has 0 radical (unpaired) electrons. The maximum Gasteiger partial charge on any atom is 0.185 e. The summed E-state index contributed by atoms with van der Waals surface area (Å²) in [5.74, 6) is 1.06. The van der Waals surface area contributed by atoms with Gasteiger partial charge in [-0.05, 0) is 54.5 Å². The van der Waals surface area contributed by atoms with Crippen molar-refractivity contribution < 1.29 is 4.79 Å². The lowest BCUT2D eigenvalue weighted by atomic mass is 10.1. The van der Waals surface area contributed by atoms with E-state index in [1.807, 2.05) is 42.5 Å². The van der Waals surface area contributed by atoms with Crippen LogP contribution < -0.4 is 5.32 Å². The number of carbonyl (C=O) groups excluding carboxylic acids is 1. The van der Waals surface area contributed by atoms with Crippen LogP contribution in [0.3, 0.4) is 0 Å². The molecule has 2 aromatic carbocycles. The van der Waals surface area contributed by atoms with Gasteiger partial charge in [0, 0.05) is 28.6 Å².